The highest BCUT2D eigenvalue weighted by molar-refractivity contribution is 6.34. The van der Waals surface area contributed by atoms with Crippen LogP contribution in [0.2, 0.25) is 5.02 Å². The van der Waals surface area contributed by atoms with E-state index in [1.54, 1.807) is 6.07 Å². The van der Waals surface area contributed by atoms with Gasteiger partial charge < -0.3 is 10.1 Å². The Morgan fingerprint density at radius 1 is 1.53 bits per heavy atom. The maximum absolute atomic E-state index is 11.3. The summed E-state index contributed by atoms with van der Waals surface area (Å²) in [6, 6.07) is 3.08. The normalized spacial score (nSPS) is 13.3. The van der Waals surface area contributed by atoms with Crippen LogP contribution in [0.1, 0.15) is 26.3 Å². The van der Waals surface area contributed by atoms with Gasteiger partial charge in [0, 0.05) is 12.1 Å². The van der Waals surface area contributed by atoms with Gasteiger partial charge in [-0.25, -0.2) is 4.79 Å². The number of fused-ring (bicyclic) bond motifs is 1. The molecule has 0 saturated carbocycles. The standard InChI is InChI=1S/C10H8ClNO3/c1-15-10(14)7-2-5-4-12-9(13)6(5)3-8(7)11/h2-3H,4H2,1H3,(H,12,13). The highest BCUT2D eigenvalue weighted by atomic mass is 35.5. The van der Waals surface area contributed by atoms with E-state index < -0.39 is 5.97 Å². The Balaban J connectivity index is 2.53. The number of methoxy groups -OCH3 is 1. The molecule has 1 aliphatic heterocycles. The molecule has 0 aliphatic carbocycles. The average Bonchev–Trinajstić information content (AvgIpc) is 2.58. The molecule has 0 radical (unpaired) electrons. The van der Waals surface area contributed by atoms with Crippen LogP contribution >= 0.6 is 11.6 Å². The molecule has 4 nitrogen and oxygen atoms in total. The van der Waals surface area contributed by atoms with Crippen molar-refractivity contribution >= 4 is 23.5 Å². The molecule has 1 aromatic rings. The number of nitrogens with one attached hydrogen (secondary N) is 1. The molecule has 1 amide bonds. The van der Waals surface area contributed by atoms with Crippen molar-refractivity contribution in [1.82, 2.24) is 5.32 Å². The molecule has 2 rings (SSSR count). The third kappa shape index (κ3) is 1.57. The molecule has 1 aromatic carbocycles. The molecule has 0 atom stereocenters. The summed E-state index contributed by atoms with van der Waals surface area (Å²) in [5.74, 6) is -0.662. The summed E-state index contributed by atoms with van der Waals surface area (Å²) in [5, 5.41) is 2.88. The monoisotopic (exact) mass is 225 g/mol. The topological polar surface area (TPSA) is 55.4 Å². The van der Waals surface area contributed by atoms with Crippen LogP contribution in [0.3, 0.4) is 0 Å². The fourth-order valence-electron chi connectivity index (χ4n) is 1.51. The molecule has 1 heterocycles. The summed E-state index contributed by atoms with van der Waals surface area (Å²) in [4.78, 5) is 22.6. The lowest BCUT2D eigenvalue weighted by molar-refractivity contribution is 0.0600. The molecule has 0 fully saturated rings. The lowest BCUT2D eigenvalue weighted by atomic mass is 10.1. The average molecular weight is 226 g/mol. The number of ether oxygens (including phenoxy) is 1. The van der Waals surface area contributed by atoms with Crippen molar-refractivity contribution in [2.45, 2.75) is 6.54 Å². The quantitative estimate of drug-likeness (QED) is 0.735. The Morgan fingerprint density at radius 2 is 2.27 bits per heavy atom. The van der Waals surface area contributed by atoms with E-state index in [2.05, 4.69) is 10.1 Å². The number of halogens is 1. The second-order valence-electron chi connectivity index (χ2n) is 3.16. The number of esters is 1. The maximum atomic E-state index is 11.3. The first kappa shape index (κ1) is 9.98. The molecule has 78 valence electrons. The van der Waals surface area contributed by atoms with Crippen LogP contribution < -0.4 is 5.32 Å². The fourth-order valence-corrected chi connectivity index (χ4v) is 1.75. The third-order valence-electron chi connectivity index (χ3n) is 2.28. The van der Waals surface area contributed by atoms with Gasteiger partial charge in [0.25, 0.3) is 5.91 Å². The second-order valence-corrected chi connectivity index (χ2v) is 3.57. The molecule has 0 saturated heterocycles. The molecule has 1 N–H and O–H groups in total. The van der Waals surface area contributed by atoms with Crippen molar-refractivity contribution in [3.63, 3.8) is 0 Å². The second kappa shape index (κ2) is 3.55. The Bertz CT molecular complexity index is 456. The van der Waals surface area contributed by atoms with Crippen LogP contribution in [0, 0.1) is 0 Å². The van der Waals surface area contributed by atoms with Crippen LogP contribution in [0.5, 0.6) is 0 Å². The minimum absolute atomic E-state index is 0.164. The summed E-state index contributed by atoms with van der Waals surface area (Å²) in [7, 11) is 1.29. The van der Waals surface area contributed by atoms with Gasteiger partial charge >= 0.3 is 5.97 Å². The maximum Gasteiger partial charge on any atom is 0.339 e. The Morgan fingerprint density at radius 3 is 2.93 bits per heavy atom. The van der Waals surface area contributed by atoms with Crippen molar-refractivity contribution in [2.24, 2.45) is 0 Å². The fraction of sp³-hybridized carbons (Fsp3) is 0.200. The van der Waals surface area contributed by atoms with Crippen molar-refractivity contribution in [1.29, 1.82) is 0 Å². The van der Waals surface area contributed by atoms with E-state index >= 15 is 0 Å². The van der Waals surface area contributed by atoms with Gasteiger partial charge in [-0.2, -0.15) is 0 Å². The Labute approximate surface area is 91.2 Å². The first-order valence-corrected chi connectivity index (χ1v) is 4.70. The van der Waals surface area contributed by atoms with E-state index in [-0.39, 0.29) is 16.5 Å². The number of rotatable bonds is 1. The van der Waals surface area contributed by atoms with E-state index in [1.165, 1.54) is 13.2 Å². The van der Waals surface area contributed by atoms with E-state index in [9.17, 15) is 9.59 Å². The largest absolute Gasteiger partial charge is 0.465 e. The number of carbonyl (C=O) groups is 2. The number of amides is 1. The zero-order valence-electron chi connectivity index (χ0n) is 7.96. The molecule has 0 unspecified atom stereocenters. The van der Waals surface area contributed by atoms with Crippen molar-refractivity contribution < 1.29 is 14.3 Å². The molecular weight excluding hydrogens is 218 g/mol. The van der Waals surface area contributed by atoms with Gasteiger partial charge in [0.1, 0.15) is 0 Å². The minimum atomic E-state index is -0.498. The zero-order chi connectivity index (χ0) is 11.0. The minimum Gasteiger partial charge on any atom is -0.465 e. The molecular formula is C10H8ClNO3. The molecule has 15 heavy (non-hydrogen) atoms. The Kier molecular flexibility index (Phi) is 2.36. The van der Waals surface area contributed by atoms with E-state index in [1.807, 2.05) is 0 Å². The van der Waals surface area contributed by atoms with Crippen molar-refractivity contribution in [3.05, 3.63) is 33.8 Å². The van der Waals surface area contributed by atoms with E-state index in [0.29, 0.717) is 12.1 Å². The van der Waals surface area contributed by atoms with Gasteiger partial charge in [-0.15, -0.1) is 0 Å². The molecule has 0 spiro atoms. The lowest BCUT2D eigenvalue weighted by Crippen LogP contribution is -2.12. The highest BCUT2D eigenvalue weighted by Gasteiger charge is 2.22. The first-order chi connectivity index (χ1) is 7.13. The summed E-state index contributed by atoms with van der Waals surface area (Å²) in [6.07, 6.45) is 0. The first-order valence-electron chi connectivity index (χ1n) is 4.32. The highest BCUT2D eigenvalue weighted by Crippen LogP contribution is 2.25. The number of hydrogen-bond donors (Lipinski definition) is 1. The van der Waals surface area contributed by atoms with Crippen LogP contribution in [-0.2, 0) is 11.3 Å². The predicted molar refractivity (Wildman–Crippen MR) is 54.0 cm³/mol. The zero-order valence-corrected chi connectivity index (χ0v) is 8.72. The van der Waals surface area contributed by atoms with Crippen molar-refractivity contribution in [2.75, 3.05) is 7.11 Å². The molecule has 5 heteroatoms. The van der Waals surface area contributed by atoms with Crippen LogP contribution in [0.15, 0.2) is 12.1 Å². The van der Waals surface area contributed by atoms with Crippen molar-refractivity contribution in [3.8, 4) is 0 Å². The smallest absolute Gasteiger partial charge is 0.339 e. The van der Waals surface area contributed by atoms with Crippen LogP contribution in [0.4, 0.5) is 0 Å². The summed E-state index contributed by atoms with van der Waals surface area (Å²) in [6.45, 7) is 0.426. The summed E-state index contributed by atoms with van der Waals surface area (Å²) < 4.78 is 4.57. The van der Waals surface area contributed by atoms with Gasteiger partial charge in [-0.1, -0.05) is 11.6 Å². The summed E-state index contributed by atoms with van der Waals surface area (Å²) >= 11 is 5.87. The van der Waals surface area contributed by atoms with Gasteiger partial charge in [0.05, 0.1) is 17.7 Å². The predicted octanol–water partition coefficient (Wildman–Crippen LogP) is 1.37. The molecule has 1 aliphatic rings. The SMILES string of the molecule is COC(=O)c1cc2c(cc1Cl)C(=O)NC2. The number of benzene rings is 1. The number of carbonyl (C=O) groups excluding carboxylic acids is 2. The Hall–Kier alpha value is -1.55. The van der Waals surface area contributed by atoms with Crippen LogP contribution in [-0.4, -0.2) is 19.0 Å². The van der Waals surface area contributed by atoms with Gasteiger partial charge in [0.15, 0.2) is 0 Å². The van der Waals surface area contributed by atoms with Gasteiger partial charge in [-0.3, -0.25) is 4.79 Å². The van der Waals surface area contributed by atoms with Gasteiger partial charge in [0.2, 0.25) is 0 Å². The number of hydrogen-bond acceptors (Lipinski definition) is 3. The van der Waals surface area contributed by atoms with E-state index in [4.69, 9.17) is 11.6 Å². The van der Waals surface area contributed by atoms with Crippen LogP contribution in [0.25, 0.3) is 0 Å². The van der Waals surface area contributed by atoms with Gasteiger partial charge in [-0.05, 0) is 17.7 Å². The lowest BCUT2D eigenvalue weighted by Gasteiger charge is -2.04. The third-order valence-corrected chi connectivity index (χ3v) is 2.59. The molecule has 0 aromatic heterocycles. The summed E-state index contributed by atoms with van der Waals surface area (Å²) in [5.41, 5.74) is 1.58. The van der Waals surface area contributed by atoms with E-state index in [0.717, 1.165) is 5.56 Å². The molecule has 0 bridgehead atoms.